The van der Waals surface area contributed by atoms with E-state index in [2.05, 4.69) is 10.3 Å². The molecule has 1 aliphatic rings. The molecule has 0 fully saturated rings. The smallest absolute Gasteiger partial charge is 0.191 e. The summed E-state index contributed by atoms with van der Waals surface area (Å²) in [5.74, 6) is 1.81. The maximum atomic E-state index is 11.4. The van der Waals surface area contributed by atoms with Crippen molar-refractivity contribution in [3.05, 3.63) is 96.6 Å². The first kappa shape index (κ1) is 20.7. The van der Waals surface area contributed by atoms with Gasteiger partial charge in [-0.15, -0.1) is 0 Å². The van der Waals surface area contributed by atoms with E-state index < -0.39 is 6.10 Å². The van der Waals surface area contributed by atoms with Crippen molar-refractivity contribution >= 4 is 45.0 Å². The summed E-state index contributed by atoms with van der Waals surface area (Å²) in [6.07, 6.45) is 1.83. The van der Waals surface area contributed by atoms with Crippen LogP contribution in [0.3, 0.4) is 0 Å². The lowest BCUT2D eigenvalue weighted by molar-refractivity contribution is -0.114. The molecule has 7 nitrogen and oxygen atoms in total. The van der Waals surface area contributed by atoms with Gasteiger partial charge >= 0.3 is 0 Å². The third kappa shape index (κ3) is 4.57. The fourth-order valence-corrected chi connectivity index (χ4v) is 4.22. The first-order valence-electron chi connectivity index (χ1n) is 10.3. The molecule has 0 spiro atoms. The number of aldehydes is 1. The molecule has 0 saturated carbocycles. The van der Waals surface area contributed by atoms with Gasteiger partial charge < -0.3 is 15.8 Å². The lowest BCUT2D eigenvalue weighted by atomic mass is 10.1. The van der Waals surface area contributed by atoms with E-state index in [0.29, 0.717) is 16.0 Å². The van der Waals surface area contributed by atoms with Crippen LogP contribution < -0.4 is 20.9 Å². The minimum absolute atomic E-state index is 0.305. The van der Waals surface area contributed by atoms with Gasteiger partial charge in [-0.3, -0.25) is 9.63 Å². The largest absolute Gasteiger partial charge is 0.457 e. The molecule has 2 heterocycles. The number of hydrogen-bond acceptors (Lipinski definition) is 8. The molecule has 1 aliphatic heterocycles. The molecule has 164 valence electrons. The van der Waals surface area contributed by atoms with E-state index in [1.807, 2.05) is 84.9 Å². The van der Waals surface area contributed by atoms with Crippen LogP contribution in [0.2, 0.25) is 0 Å². The number of rotatable bonds is 7. The molecule has 3 aromatic carbocycles. The van der Waals surface area contributed by atoms with Gasteiger partial charge in [0.25, 0.3) is 0 Å². The molecule has 8 heteroatoms. The number of ether oxygens (including phenoxy) is 1. The number of nitrogens with one attached hydrogen (secondary N) is 1. The number of aromatic nitrogens is 1. The average molecular weight is 457 g/mol. The third-order valence-electron chi connectivity index (χ3n) is 4.88. The zero-order chi connectivity index (χ0) is 22.6. The number of hydrogen-bond donors (Lipinski definition) is 2. The molecule has 1 unspecified atom stereocenters. The van der Waals surface area contributed by atoms with E-state index in [4.69, 9.17) is 15.3 Å². The summed E-state index contributed by atoms with van der Waals surface area (Å²) < 4.78 is 5.83. The molecule has 1 atom stereocenters. The van der Waals surface area contributed by atoms with E-state index in [0.717, 1.165) is 34.7 Å². The Kier molecular flexibility index (Phi) is 5.75. The first-order valence-corrected chi connectivity index (χ1v) is 11.1. The van der Waals surface area contributed by atoms with Crippen LogP contribution in [0, 0.1) is 0 Å². The number of nitrogens with zero attached hydrogens (tertiary/aromatic N) is 2. The van der Waals surface area contributed by atoms with E-state index in [1.165, 1.54) is 11.3 Å². The second kappa shape index (κ2) is 9.15. The van der Waals surface area contributed by atoms with Gasteiger partial charge in [0.05, 0.1) is 5.70 Å². The molecule has 4 aromatic rings. The predicted molar refractivity (Wildman–Crippen MR) is 131 cm³/mol. The standard InChI is InChI=1S/C25H20N4O3S/c26-23-24(29-22(15-21(16-30)32-29)17-7-3-1-4-8-17)33-25(28-23)27-18-11-13-20(14-12-18)31-19-9-5-2-6-10-19/h1-16,21H,26H2,(H,27,28). The summed E-state index contributed by atoms with van der Waals surface area (Å²) in [6.45, 7) is 0. The number of carbonyl (C=O) groups excluding carboxylic acids is 1. The van der Waals surface area contributed by atoms with Gasteiger partial charge in [-0.25, -0.2) is 10.0 Å². The molecule has 0 radical (unpaired) electrons. The van der Waals surface area contributed by atoms with Crippen LogP contribution in [0.4, 0.5) is 21.6 Å². The Bertz CT molecular complexity index is 1270. The van der Waals surface area contributed by atoms with Crippen LogP contribution in [-0.4, -0.2) is 17.4 Å². The van der Waals surface area contributed by atoms with Crippen LogP contribution >= 0.6 is 11.3 Å². The Balaban J connectivity index is 1.33. The van der Waals surface area contributed by atoms with Crippen LogP contribution in [0.15, 0.2) is 91.0 Å². The topological polar surface area (TPSA) is 89.7 Å². The highest BCUT2D eigenvalue weighted by atomic mass is 32.1. The van der Waals surface area contributed by atoms with Crippen LogP contribution in [-0.2, 0) is 9.63 Å². The zero-order valence-corrected chi connectivity index (χ0v) is 18.2. The maximum Gasteiger partial charge on any atom is 0.191 e. The highest BCUT2D eigenvalue weighted by Crippen LogP contribution is 2.42. The number of nitrogen functional groups attached to an aromatic ring is 1. The number of carbonyl (C=O) groups is 1. The van der Waals surface area contributed by atoms with Gasteiger partial charge in [-0.2, -0.15) is 0 Å². The molecular weight excluding hydrogens is 436 g/mol. The van der Waals surface area contributed by atoms with Crippen molar-refractivity contribution in [3.63, 3.8) is 0 Å². The van der Waals surface area contributed by atoms with Crippen LogP contribution in [0.1, 0.15) is 5.56 Å². The van der Waals surface area contributed by atoms with Gasteiger partial charge in [0, 0.05) is 11.3 Å². The average Bonchev–Trinajstić information content (AvgIpc) is 3.44. The highest BCUT2D eigenvalue weighted by molar-refractivity contribution is 7.20. The van der Waals surface area contributed by atoms with E-state index >= 15 is 0 Å². The van der Waals surface area contributed by atoms with Crippen molar-refractivity contribution in [1.82, 2.24) is 4.98 Å². The fraction of sp³-hybridized carbons (Fsp3) is 0.0400. The summed E-state index contributed by atoms with van der Waals surface area (Å²) in [5, 5.41) is 6.03. The van der Waals surface area contributed by atoms with E-state index in [1.54, 1.807) is 11.1 Å². The minimum atomic E-state index is -0.685. The number of hydroxylamine groups is 1. The van der Waals surface area contributed by atoms with Gasteiger partial charge in [-0.1, -0.05) is 59.9 Å². The Morgan fingerprint density at radius 3 is 2.33 bits per heavy atom. The SMILES string of the molecule is Nc1nc(Nc2ccc(Oc3ccccc3)cc2)sc1N1OC(C=O)C=C1c1ccccc1. The molecule has 0 saturated heterocycles. The number of thiazole rings is 1. The number of anilines is 4. The summed E-state index contributed by atoms with van der Waals surface area (Å²) >= 11 is 1.34. The Labute approximate surface area is 194 Å². The number of nitrogens with two attached hydrogens (primary N) is 1. The molecule has 5 rings (SSSR count). The molecule has 3 N–H and O–H groups in total. The van der Waals surface area contributed by atoms with Crippen LogP contribution in [0.5, 0.6) is 11.5 Å². The van der Waals surface area contributed by atoms with Crippen LogP contribution in [0.25, 0.3) is 5.70 Å². The quantitative estimate of drug-likeness (QED) is 0.349. The maximum absolute atomic E-state index is 11.4. The van der Waals surface area contributed by atoms with Crippen molar-refractivity contribution in [1.29, 1.82) is 0 Å². The molecule has 0 amide bonds. The summed E-state index contributed by atoms with van der Waals surface area (Å²) in [4.78, 5) is 21.6. The van der Waals surface area contributed by atoms with Gasteiger partial charge in [0.2, 0.25) is 0 Å². The van der Waals surface area contributed by atoms with Gasteiger partial charge in [0.15, 0.2) is 28.3 Å². The number of para-hydroxylation sites is 1. The lowest BCUT2D eigenvalue weighted by Gasteiger charge is -2.19. The Morgan fingerprint density at radius 2 is 1.64 bits per heavy atom. The molecular formula is C25H20N4O3S. The summed E-state index contributed by atoms with van der Waals surface area (Å²) in [7, 11) is 0. The van der Waals surface area contributed by atoms with Gasteiger partial charge in [-0.05, 0) is 42.5 Å². The van der Waals surface area contributed by atoms with Crippen molar-refractivity contribution in [2.45, 2.75) is 6.10 Å². The highest BCUT2D eigenvalue weighted by Gasteiger charge is 2.30. The second-order valence-electron chi connectivity index (χ2n) is 7.19. The molecule has 0 aliphatic carbocycles. The normalized spacial score (nSPS) is 15.2. The molecule has 33 heavy (non-hydrogen) atoms. The monoisotopic (exact) mass is 456 g/mol. The van der Waals surface area contributed by atoms with Crippen molar-refractivity contribution < 1.29 is 14.4 Å². The Morgan fingerprint density at radius 1 is 0.970 bits per heavy atom. The van der Waals surface area contributed by atoms with Crippen molar-refractivity contribution in [2.24, 2.45) is 0 Å². The summed E-state index contributed by atoms with van der Waals surface area (Å²) in [5.41, 5.74) is 8.71. The zero-order valence-electron chi connectivity index (χ0n) is 17.4. The summed E-state index contributed by atoms with van der Waals surface area (Å²) in [6, 6.07) is 26.8. The fourth-order valence-electron chi connectivity index (χ4n) is 3.35. The van der Waals surface area contributed by atoms with E-state index in [9.17, 15) is 4.79 Å². The Hall–Kier alpha value is -4.14. The van der Waals surface area contributed by atoms with Gasteiger partial charge in [0.1, 0.15) is 11.5 Å². The second-order valence-corrected chi connectivity index (χ2v) is 8.17. The van der Waals surface area contributed by atoms with Crippen molar-refractivity contribution in [2.75, 3.05) is 16.1 Å². The molecule has 0 bridgehead atoms. The molecule has 1 aromatic heterocycles. The van der Waals surface area contributed by atoms with E-state index in [-0.39, 0.29) is 0 Å². The third-order valence-corrected chi connectivity index (χ3v) is 5.83. The number of benzene rings is 3. The first-order chi connectivity index (χ1) is 16.2. The minimum Gasteiger partial charge on any atom is -0.457 e. The van der Waals surface area contributed by atoms with Crippen molar-refractivity contribution in [3.8, 4) is 11.5 Å². The predicted octanol–water partition coefficient (Wildman–Crippen LogP) is 5.62. The lowest BCUT2D eigenvalue weighted by Crippen LogP contribution is -2.20.